The Bertz CT molecular complexity index is 622. The molecular weight excluding hydrogens is 324 g/mol. The molecule has 1 atom stereocenters. The second kappa shape index (κ2) is 11.1. The minimum absolute atomic E-state index is 0.134. The normalized spacial score (nSPS) is 12.6. The fraction of sp³-hybridized carbons (Fsp3) is 0.647. The molecule has 24 heavy (non-hydrogen) atoms. The Morgan fingerprint density at radius 3 is 2.38 bits per heavy atom. The molecule has 1 aromatic rings. The van der Waals surface area contributed by atoms with Crippen molar-refractivity contribution in [1.82, 2.24) is 4.72 Å². The van der Waals surface area contributed by atoms with Gasteiger partial charge in [0, 0.05) is 11.5 Å². The Balaban J connectivity index is 2.47. The average molecular weight is 353 g/mol. The predicted octanol–water partition coefficient (Wildman–Crippen LogP) is 4.70. The van der Waals surface area contributed by atoms with Crippen LogP contribution in [0.4, 0.5) is 0 Å². The summed E-state index contributed by atoms with van der Waals surface area (Å²) in [6.07, 6.45) is 7.58. The van der Waals surface area contributed by atoms with Gasteiger partial charge in [0.05, 0.1) is 10.9 Å². The number of hydrogen-bond acceptors (Lipinski definition) is 3. The molecule has 0 aliphatic rings. The van der Waals surface area contributed by atoms with E-state index in [-0.39, 0.29) is 17.5 Å². The molecule has 0 saturated heterocycles. The smallest absolute Gasteiger partial charge is 0.211 e. The molecule has 0 radical (unpaired) electrons. The van der Waals surface area contributed by atoms with Gasteiger partial charge in [-0.15, -0.1) is 0 Å². The zero-order chi connectivity index (χ0) is 17.8. The molecule has 0 saturated carbocycles. The second-order valence-electron chi connectivity index (χ2n) is 6.08. The Kier molecular flexibility index (Phi) is 9.45. The standard InChI is InChI=1S/C17H28N4O2S/c1-3-4-5-6-7-8-9-16(20-21-18)14-19-24(22,23)17-12-10-15(2)11-13-17/h10-13,16,19H,3-9,14H2,1-2H3. The van der Waals surface area contributed by atoms with Crippen LogP contribution < -0.4 is 4.72 Å². The van der Waals surface area contributed by atoms with Crippen molar-refractivity contribution in [3.63, 3.8) is 0 Å². The number of sulfonamides is 1. The summed E-state index contributed by atoms with van der Waals surface area (Å²) < 4.78 is 27.1. The van der Waals surface area contributed by atoms with Gasteiger partial charge in [0.25, 0.3) is 0 Å². The van der Waals surface area contributed by atoms with Crippen molar-refractivity contribution in [2.24, 2.45) is 5.11 Å². The van der Waals surface area contributed by atoms with Crippen molar-refractivity contribution < 1.29 is 8.42 Å². The van der Waals surface area contributed by atoms with Gasteiger partial charge in [0.15, 0.2) is 0 Å². The molecule has 1 N–H and O–H groups in total. The van der Waals surface area contributed by atoms with Gasteiger partial charge in [-0.1, -0.05) is 68.3 Å². The summed E-state index contributed by atoms with van der Waals surface area (Å²) >= 11 is 0. The van der Waals surface area contributed by atoms with Crippen molar-refractivity contribution in [2.75, 3.05) is 6.54 Å². The highest BCUT2D eigenvalue weighted by molar-refractivity contribution is 7.89. The molecule has 0 spiro atoms. The Morgan fingerprint density at radius 2 is 1.75 bits per heavy atom. The third-order valence-electron chi connectivity index (χ3n) is 3.95. The SMILES string of the molecule is CCCCCCCCC(CNS(=O)(=O)c1ccc(C)cc1)N=[N+]=[N-]. The number of benzene rings is 1. The molecule has 6 nitrogen and oxygen atoms in total. The third-order valence-corrected chi connectivity index (χ3v) is 5.39. The van der Waals surface area contributed by atoms with Crippen LogP contribution in [0.2, 0.25) is 0 Å². The fourth-order valence-corrected chi connectivity index (χ4v) is 3.51. The van der Waals surface area contributed by atoms with Crippen LogP contribution in [0.1, 0.15) is 57.4 Å². The van der Waals surface area contributed by atoms with Crippen molar-refractivity contribution in [3.05, 3.63) is 40.3 Å². The van der Waals surface area contributed by atoms with E-state index in [1.165, 1.54) is 25.7 Å². The first-order chi connectivity index (χ1) is 11.5. The Labute approximate surface area is 145 Å². The zero-order valence-corrected chi connectivity index (χ0v) is 15.4. The van der Waals surface area contributed by atoms with Crippen molar-refractivity contribution in [1.29, 1.82) is 0 Å². The van der Waals surface area contributed by atoms with Gasteiger partial charge in [0.2, 0.25) is 10.0 Å². The lowest BCUT2D eigenvalue weighted by Crippen LogP contribution is -2.31. The molecule has 0 aliphatic carbocycles. The zero-order valence-electron chi connectivity index (χ0n) is 14.6. The topological polar surface area (TPSA) is 94.9 Å². The number of azide groups is 1. The number of unbranched alkanes of at least 4 members (excludes halogenated alkanes) is 5. The van der Waals surface area contributed by atoms with Gasteiger partial charge in [-0.05, 0) is 31.0 Å². The predicted molar refractivity (Wildman–Crippen MR) is 97.3 cm³/mol. The molecule has 1 aromatic carbocycles. The van der Waals surface area contributed by atoms with E-state index in [0.717, 1.165) is 18.4 Å². The Morgan fingerprint density at radius 1 is 1.12 bits per heavy atom. The fourth-order valence-electron chi connectivity index (χ4n) is 2.44. The lowest BCUT2D eigenvalue weighted by molar-refractivity contribution is 0.519. The van der Waals surface area contributed by atoms with Crippen LogP contribution in [0.3, 0.4) is 0 Å². The average Bonchev–Trinajstić information content (AvgIpc) is 2.56. The summed E-state index contributed by atoms with van der Waals surface area (Å²) in [6.45, 7) is 4.22. The van der Waals surface area contributed by atoms with Crippen LogP contribution in [0.25, 0.3) is 10.4 Å². The maximum Gasteiger partial charge on any atom is 0.240 e. The van der Waals surface area contributed by atoms with E-state index in [9.17, 15) is 8.42 Å². The van der Waals surface area contributed by atoms with Gasteiger partial charge < -0.3 is 0 Å². The molecule has 0 aliphatic heterocycles. The maximum atomic E-state index is 12.3. The molecule has 7 heteroatoms. The Hall–Kier alpha value is -1.56. The summed E-state index contributed by atoms with van der Waals surface area (Å²) in [7, 11) is -3.57. The summed E-state index contributed by atoms with van der Waals surface area (Å²) in [5, 5.41) is 3.72. The van der Waals surface area contributed by atoms with Gasteiger partial charge in [0.1, 0.15) is 0 Å². The highest BCUT2D eigenvalue weighted by Gasteiger charge is 2.16. The number of nitrogens with zero attached hydrogens (tertiary/aromatic N) is 3. The van der Waals surface area contributed by atoms with Gasteiger partial charge in [-0.3, -0.25) is 0 Å². The highest BCUT2D eigenvalue weighted by atomic mass is 32.2. The van der Waals surface area contributed by atoms with Crippen LogP contribution >= 0.6 is 0 Å². The molecule has 0 aromatic heterocycles. The van der Waals surface area contributed by atoms with Crippen molar-refractivity contribution in [2.45, 2.75) is 69.7 Å². The van der Waals surface area contributed by atoms with E-state index in [1.54, 1.807) is 24.3 Å². The quantitative estimate of drug-likeness (QED) is 0.255. The molecule has 1 rings (SSSR count). The van der Waals surface area contributed by atoms with E-state index in [1.807, 2.05) is 6.92 Å². The number of rotatable bonds is 12. The largest absolute Gasteiger partial charge is 0.240 e. The summed E-state index contributed by atoms with van der Waals surface area (Å²) in [5.74, 6) is 0. The van der Waals surface area contributed by atoms with Crippen LogP contribution in [-0.4, -0.2) is 21.0 Å². The first kappa shape index (κ1) is 20.5. The molecule has 0 fully saturated rings. The van der Waals surface area contributed by atoms with E-state index < -0.39 is 10.0 Å². The van der Waals surface area contributed by atoms with E-state index >= 15 is 0 Å². The monoisotopic (exact) mass is 352 g/mol. The van der Waals surface area contributed by atoms with Crippen LogP contribution in [0.5, 0.6) is 0 Å². The van der Waals surface area contributed by atoms with Crippen LogP contribution in [-0.2, 0) is 10.0 Å². The first-order valence-electron chi connectivity index (χ1n) is 8.60. The number of aryl methyl sites for hydroxylation is 1. The first-order valence-corrected chi connectivity index (χ1v) is 10.1. The third kappa shape index (κ3) is 7.81. The molecule has 1 unspecified atom stereocenters. The van der Waals surface area contributed by atoms with Crippen molar-refractivity contribution >= 4 is 10.0 Å². The molecular formula is C17H28N4O2S. The van der Waals surface area contributed by atoms with Crippen molar-refractivity contribution in [3.8, 4) is 0 Å². The second-order valence-corrected chi connectivity index (χ2v) is 7.85. The van der Waals surface area contributed by atoms with Crippen LogP contribution in [0.15, 0.2) is 34.3 Å². The lowest BCUT2D eigenvalue weighted by atomic mass is 10.1. The minimum Gasteiger partial charge on any atom is -0.211 e. The maximum absolute atomic E-state index is 12.3. The lowest BCUT2D eigenvalue weighted by Gasteiger charge is -2.13. The van der Waals surface area contributed by atoms with E-state index in [4.69, 9.17) is 5.53 Å². The number of hydrogen-bond donors (Lipinski definition) is 1. The summed E-state index contributed by atoms with van der Waals surface area (Å²) in [6, 6.07) is 6.33. The number of nitrogens with one attached hydrogen (secondary N) is 1. The molecule has 0 heterocycles. The molecule has 0 bridgehead atoms. The summed E-state index contributed by atoms with van der Waals surface area (Å²) in [5.41, 5.74) is 9.67. The molecule has 0 amide bonds. The van der Waals surface area contributed by atoms with Gasteiger partial charge in [-0.25, -0.2) is 13.1 Å². The van der Waals surface area contributed by atoms with E-state index in [2.05, 4.69) is 21.7 Å². The van der Waals surface area contributed by atoms with Gasteiger partial charge >= 0.3 is 0 Å². The minimum atomic E-state index is -3.57. The highest BCUT2D eigenvalue weighted by Crippen LogP contribution is 2.13. The van der Waals surface area contributed by atoms with E-state index in [0.29, 0.717) is 6.42 Å². The van der Waals surface area contributed by atoms with Crippen LogP contribution in [0, 0.1) is 6.92 Å². The molecule has 134 valence electrons. The summed E-state index contributed by atoms with van der Waals surface area (Å²) in [4.78, 5) is 3.07. The van der Waals surface area contributed by atoms with Gasteiger partial charge in [-0.2, -0.15) is 0 Å².